The van der Waals surface area contributed by atoms with Gasteiger partial charge in [0, 0.05) is 12.1 Å². The number of hydrogen-bond donors (Lipinski definition) is 1. The lowest BCUT2D eigenvalue weighted by Crippen LogP contribution is -2.08. The third-order valence-corrected chi connectivity index (χ3v) is 2.93. The average Bonchev–Trinajstić information content (AvgIpc) is 2.48. The predicted molar refractivity (Wildman–Crippen MR) is 77.8 cm³/mol. The highest BCUT2D eigenvalue weighted by Gasteiger charge is 2.06. The summed E-state index contributed by atoms with van der Waals surface area (Å²) in [6.45, 7) is 0.343. The van der Waals surface area contributed by atoms with E-state index in [4.69, 9.17) is 15.2 Å². The third-order valence-electron chi connectivity index (χ3n) is 2.93. The van der Waals surface area contributed by atoms with Crippen molar-refractivity contribution in [3.05, 3.63) is 59.7 Å². The zero-order chi connectivity index (χ0) is 14.4. The van der Waals surface area contributed by atoms with Crippen LogP contribution in [-0.4, -0.2) is 19.7 Å². The highest BCUT2D eigenvalue weighted by atomic mass is 16.5. The van der Waals surface area contributed by atoms with Crippen molar-refractivity contribution in [2.45, 2.75) is 6.42 Å². The second-order valence-corrected chi connectivity index (χ2v) is 4.36. The van der Waals surface area contributed by atoms with Crippen molar-refractivity contribution in [2.24, 2.45) is 0 Å². The minimum Gasteiger partial charge on any atom is -0.497 e. The molecule has 2 aromatic carbocycles. The Kier molecular flexibility index (Phi) is 4.60. The van der Waals surface area contributed by atoms with Crippen LogP contribution in [0.25, 0.3) is 0 Å². The second-order valence-electron chi connectivity index (χ2n) is 4.36. The Hall–Kier alpha value is -2.49. The summed E-state index contributed by atoms with van der Waals surface area (Å²) < 4.78 is 10.3. The van der Waals surface area contributed by atoms with Crippen molar-refractivity contribution in [2.75, 3.05) is 19.5 Å². The van der Waals surface area contributed by atoms with E-state index in [9.17, 15) is 4.79 Å². The van der Waals surface area contributed by atoms with Gasteiger partial charge in [-0.1, -0.05) is 12.1 Å². The SMILES string of the molecule is COc1ccc(CCOC(=O)c2ccc(N)cc2)cc1. The highest BCUT2D eigenvalue weighted by Crippen LogP contribution is 2.12. The minimum atomic E-state index is -0.335. The van der Waals surface area contributed by atoms with Gasteiger partial charge in [0.25, 0.3) is 0 Å². The Morgan fingerprint density at radius 1 is 1.05 bits per heavy atom. The molecule has 0 atom stereocenters. The van der Waals surface area contributed by atoms with E-state index in [1.165, 1.54) is 0 Å². The number of esters is 1. The van der Waals surface area contributed by atoms with Gasteiger partial charge in [0.1, 0.15) is 5.75 Å². The van der Waals surface area contributed by atoms with Crippen molar-refractivity contribution in [1.82, 2.24) is 0 Å². The molecule has 2 rings (SSSR count). The highest BCUT2D eigenvalue weighted by molar-refractivity contribution is 5.89. The van der Waals surface area contributed by atoms with E-state index in [-0.39, 0.29) is 5.97 Å². The Morgan fingerprint density at radius 3 is 2.30 bits per heavy atom. The summed E-state index contributed by atoms with van der Waals surface area (Å²) in [4.78, 5) is 11.8. The van der Waals surface area contributed by atoms with E-state index >= 15 is 0 Å². The molecule has 2 N–H and O–H groups in total. The van der Waals surface area contributed by atoms with Crippen LogP contribution < -0.4 is 10.5 Å². The van der Waals surface area contributed by atoms with Gasteiger partial charge in [-0.3, -0.25) is 0 Å². The van der Waals surface area contributed by atoms with Gasteiger partial charge < -0.3 is 15.2 Å². The van der Waals surface area contributed by atoms with Gasteiger partial charge in [-0.25, -0.2) is 4.79 Å². The number of nitrogens with two attached hydrogens (primary N) is 1. The van der Waals surface area contributed by atoms with Crippen LogP contribution in [0.5, 0.6) is 5.75 Å². The van der Waals surface area contributed by atoms with Gasteiger partial charge in [-0.15, -0.1) is 0 Å². The molecule has 0 saturated heterocycles. The molecule has 0 saturated carbocycles. The van der Waals surface area contributed by atoms with E-state index in [1.807, 2.05) is 24.3 Å². The monoisotopic (exact) mass is 271 g/mol. The summed E-state index contributed by atoms with van der Waals surface area (Å²) in [6, 6.07) is 14.4. The first kappa shape index (κ1) is 13.9. The lowest BCUT2D eigenvalue weighted by molar-refractivity contribution is 0.0509. The molecule has 0 aromatic heterocycles. The summed E-state index contributed by atoms with van der Waals surface area (Å²) in [6.07, 6.45) is 0.671. The molecule has 0 radical (unpaired) electrons. The predicted octanol–water partition coefficient (Wildman–Crippen LogP) is 2.68. The molecule has 0 bridgehead atoms. The Morgan fingerprint density at radius 2 is 1.70 bits per heavy atom. The molecule has 2 aromatic rings. The fourth-order valence-corrected chi connectivity index (χ4v) is 1.76. The maximum Gasteiger partial charge on any atom is 0.338 e. The van der Waals surface area contributed by atoms with E-state index in [0.717, 1.165) is 11.3 Å². The van der Waals surface area contributed by atoms with Gasteiger partial charge in [-0.05, 0) is 42.0 Å². The third kappa shape index (κ3) is 3.75. The molecule has 0 aliphatic carbocycles. The van der Waals surface area contributed by atoms with Gasteiger partial charge in [-0.2, -0.15) is 0 Å². The quantitative estimate of drug-likeness (QED) is 0.671. The molecule has 0 amide bonds. The molecule has 0 spiro atoms. The number of benzene rings is 2. The summed E-state index contributed by atoms with van der Waals surface area (Å²) >= 11 is 0. The van der Waals surface area contributed by atoms with E-state index < -0.39 is 0 Å². The average molecular weight is 271 g/mol. The molecule has 4 nitrogen and oxygen atoms in total. The summed E-state index contributed by atoms with van der Waals surface area (Å²) in [7, 11) is 1.63. The smallest absolute Gasteiger partial charge is 0.338 e. The lowest BCUT2D eigenvalue weighted by atomic mass is 10.1. The van der Waals surface area contributed by atoms with Crippen LogP contribution in [0.4, 0.5) is 5.69 Å². The van der Waals surface area contributed by atoms with Crippen molar-refractivity contribution in [3.8, 4) is 5.75 Å². The number of carbonyl (C=O) groups is 1. The molecule has 4 heteroatoms. The fourth-order valence-electron chi connectivity index (χ4n) is 1.76. The fraction of sp³-hybridized carbons (Fsp3) is 0.188. The van der Waals surface area contributed by atoms with Crippen LogP contribution in [0.2, 0.25) is 0 Å². The normalized spacial score (nSPS) is 10.1. The van der Waals surface area contributed by atoms with Crippen molar-refractivity contribution in [1.29, 1.82) is 0 Å². The van der Waals surface area contributed by atoms with Gasteiger partial charge in [0.15, 0.2) is 0 Å². The summed E-state index contributed by atoms with van der Waals surface area (Å²) in [5, 5.41) is 0. The van der Waals surface area contributed by atoms with E-state index in [1.54, 1.807) is 31.4 Å². The van der Waals surface area contributed by atoms with Crippen LogP contribution in [0, 0.1) is 0 Å². The number of rotatable bonds is 5. The first-order valence-electron chi connectivity index (χ1n) is 6.34. The van der Waals surface area contributed by atoms with Crippen LogP contribution in [0.3, 0.4) is 0 Å². The molecule has 0 heterocycles. The first-order chi connectivity index (χ1) is 9.69. The molecular weight excluding hydrogens is 254 g/mol. The Balaban J connectivity index is 1.82. The van der Waals surface area contributed by atoms with Crippen molar-refractivity contribution >= 4 is 11.7 Å². The number of methoxy groups -OCH3 is 1. The molecule has 0 aliphatic rings. The van der Waals surface area contributed by atoms with E-state index in [2.05, 4.69) is 0 Å². The number of carbonyl (C=O) groups excluding carboxylic acids is 1. The maximum atomic E-state index is 11.8. The molecule has 20 heavy (non-hydrogen) atoms. The minimum absolute atomic E-state index is 0.335. The number of anilines is 1. The van der Waals surface area contributed by atoms with Crippen LogP contribution in [0.1, 0.15) is 15.9 Å². The van der Waals surface area contributed by atoms with Crippen molar-refractivity contribution < 1.29 is 14.3 Å². The summed E-state index contributed by atoms with van der Waals surface area (Å²) in [5.74, 6) is 0.478. The molecular formula is C16H17NO3. The second kappa shape index (κ2) is 6.61. The van der Waals surface area contributed by atoms with Gasteiger partial charge in [0.2, 0.25) is 0 Å². The molecule has 0 aliphatic heterocycles. The maximum absolute atomic E-state index is 11.8. The lowest BCUT2D eigenvalue weighted by Gasteiger charge is -2.06. The van der Waals surface area contributed by atoms with Crippen molar-refractivity contribution in [3.63, 3.8) is 0 Å². The van der Waals surface area contributed by atoms with Gasteiger partial charge in [0.05, 0.1) is 19.3 Å². The standard InChI is InChI=1S/C16H17NO3/c1-19-15-8-2-12(3-9-15)10-11-20-16(18)13-4-6-14(17)7-5-13/h2-9H,10-11,17H2,1H3. The Bertz CT molecular complexity index is 561. The zero-order valence-corrected chi connectivity index (χ0v) is 11.3. The zero-order valence-electron chi connectivity index (χ0n) is 11.3. The molecule has 0 unspecified atom stereocenters. The summed E-state index contributed by atoms with van der Waals surface area (Å²) in [5.41, 5.74) is 7.79. The Labute approximate surface area is 118 Å². The largest absolute Gasteiger partial charge is 0.497 e. The van der Waals surface area contributed by atoms with Crippen LogP contribution >= 0.6 is 0 Å². The van der Waals surface area contributed by atoms with Gasteiger partial charge >= 0.3 is 5.97 Å². The molecule has 0 fully saturated rings. The first-order valence-corrected chi connectivity index (χ1v) is 6.34. The van der Waals surface area contributed by atoms with Crippen LogP contribution in [0.15, 0.2) is 48.5 Å². The van der Waals surface area contributed by atoms with Crippen LogP contribution in [-0.2, 0) is 11.2 Å². The topological polar surface area (TPSA) is 61.5 Å². The molecule has 104 valence electrons. The number of nitrogen functional groups attached to an aromatic ring is 1. The number of ether oxygens (including phenoxy) is 2. The number of hydrogen-bond acceptors (Lipinski definition) is 4. The van der Waals surface area contributed by atoms with E-state index in [0.29, 0.717) is 24.3 Å².